The molecule has 2 N–H and O–H groups in total. The minimum absolute atomic E-state index is 0. The Balaban J connectivity index is 0.00000144. The van der Waals surface area contributed by atoms with Crippen LogP contribution in [-0.2, 0) is 6.54 Å². The minimum atomic E-state index is -0.328. The number of halogens is 1. The maximum absolute atomic E-state index is 13.4. The molecule has 6 nitrogen and oxygen atoms in total. The van der Waals surface area contributed by atoms with Crippen LogP contribution in [0.3, 0.4) is 0 Å². The van der Waals surface area contributed by atoms with Crippen LogP contribution in [0.15, 0.2) is 67.1 Å². The summed E-state index contributed by atoms with van der Waals surface area (Å²) < 4.78 is 17.8. The summed E-state index contributed by atoms with van der Waals surface area (Å²) in [5, 5.41) is 13.7. The molecule has 1 fully saturated rings. The number of benzene rings is 2. The van der Waals surface area contributed by atoms with E-state index in [1.165, 1.54) is 17.7 Å². The van der Waals surface area contributed by atoms with Crippen molar-refractivity contribution >= 4 is 32.7 Å². The summed E-state index contributed by atoms with van der Waals surface area (Å²) in [6.45, 7) is 2.99. The van der Waals surface area contributed by atoms with E-state index in [-0.39, 0.29) is 44.8 Å². The van der Waals surface area contributed by atoms with E-state index in [0.717, 1.165) is 47.1 Å². The van der Waals surface area contributed by atoms with Crippen molar-refractivity contribution in [2.24, 2.45) is 5.92 Å². The van der Waals surface area contributed by atoms with Crippen LogP contribution in [0.25, 0.3) is 28.3 Å². The van der Waals surface area contributed by atoms with Gasteiger partial charge in [-0.05, 0) is 54.6 Å². The molecule has 0 unspecified atom stereocenters. The zero-order chi connectivity index (χ0) is 22.5. The van der Waals surface area contributed by atoms with Crippen molar-refractivity contribution in [3.63, 3.8) is 0 Å². The monoisotopic (exact) mass is 511 g/mol. The van der Waals surface area contributed by atoms with Gasteiger partial charge < -0.3 is 19.9 Å². The van der Waals surface area contributed by atoms with Crippen molar-refractivity contribution in [1.82, 2.24) is 19.4 Å². The second kappa shape index (κ2) is 10.1. The Morgan fingerprint density at radius 2 is 1.86 bits per heavy atom. The van der Waals surface area contributed by atoms with Gasteiger partial charge in [0.1, 0.15) is 5.82 Å². The van der Waals surface area contributed by atoms with Gasteiger partial charge in [-0.2, -0.15) is 27.0 Å². The average Bonchev–Trinajstić information content (AvgIpc) is 3.52. The van der Waals surface area contributed by atoms with E-state index in [9.17, 15) is 9.50 Å². The molecular formula is C26H30FN5OS2. The van der Waals surface area contributed by atoms with E-state index in [4.69, 9.17) is 0 Å². The first-order valence-corrected chi connectivity index (χ1v) is 11.3. The van der Waals surface area contributed by atoms with Gasteiger partial charge in [-0.25, -0.2) is 9.37 Å². The Kier molecular flexibility index (Phi) is 7.32. The molecular weight excluding hydrogens is 481 g/mol. The summed E-state index contributed by atoms with van der Waals surface area (Å²) >= 11 is 0. The van der Waals surface area contributed by atoms with E-state index in [1.807, 2.05) is 31.6 Å². The Bertz CT molecular complexity index is 1320. The van der Waals surface area contributed by atoms with Gasteiger partial charge in [-0.1, -0.05) is 12.1 Å². The Morgan fingerprint density at radius 3 is 2.63 bits per heavy atom. The van der Waals surface area contributed by atoms with Gasteiger partial charge in [0, 0.05) is 61.9 Å². The first kappa shape index (κ1) is 25.4. The molecule has 2 aliphatic heterocycles. The van der Waals surface area contributed by atoms with Crippen molar-refractivity contribution in [2.75, 3.05) is 31.6 Å². The van der Waals surface area contributed by atoms with E-state index < -0.39 is 0 Å². The van der Waals surface area contributed by atoms with E-state index >= 15 is 0 Å². The number of fused-ring (bicyclic) bond motifs is 5. The van der Waals surface area contributed by atoms with Gasteiger partial charge in [-0.15, -0.1) is 0 Å². The number of aliphatic hydroxyl groups is 1. The van der Waals surface area contributed by atoms with Gasteiger partial charge >= 0.3 is 0 Å². The van der Waals surface area contributed by atoms with Gasteiger partial charge in [-0.3, -0.25) is 4.57 Å². The van der Waals surface area contributed by atoms with Crippen LogP contribution >= 0.6 is 27.0 Å². The molecule has 2 aliphatic rings. The predicted molar refractivity (Wildman–Crippen MR) is 148 cm³/mol. The lowest BCUT2D eigenvalue weighted by Crippen LogP contribution is -2.28. The van der Waals surface area contributed by atoms with Gasteiger partial charge in [0.25, 0.3) is 0 Å². The third-order valence-electron chi connectivity index (χ3n) is 6.85. The van der Waals surface area contributed by atoms with E-state index in [1.54, 1.807) is 0 Å². The van der Waals surface area contributed by atoms with Gasteiger partial charge in [0.05, 0.1) is 17.5 Å². The van der Waals surface area contributed by atoms with Crippen LogP contribution in [-0.4, -0.2) is 52.0 Å². The third-order valence-corrected chi connectivity index (χ3v) is 6.85. The van der Waals surface area contributed by atoms with Crippen molar-refractivity contribution in [3.05, 3.63) is 78.5 Å². The lowest BCUT2D eigenvalue weighted by molar-refractivity contribution is 0.148. The zero-order valence-corrected chi connectivity index (χ0v) is 21.4. The minimum Gasteiger partial charge on any atom is -0.391 e. The van der Waals surface area contributed by atoms with E-state index in [2.05, 4.69) is 54.8 Å². The summed E-state index contributed by atoms with van der Waals surface area (Å²) in [4.78, 5) is 6.92. The van der Waals surface area contributed by atoms with Gasteiger partial charge in [0.15, 0.2) is 5.82 Å². The van der Waals surface area contributed by atoms with Crippen LogP contribution in [0.2, 0.25) is 0 Å². The largest absolute Gasteiger partial charge is 0.391 e. The average molecular weight is 512 g/mol. The first-order chi connectivity index (χ1) is 16.1. The molecule has 4 heterocycles. The molecule has 0 radical (unpaired) electrons. The molecule has 1 saturated heterocycles. The predicted octanol–water partition coefficient (Wildman–Crippen LogP) is 3.75. The number of hydrogen-bond donors (Lipinski definition) is 2. The Labute approximate surface area is 218 Å². The summed E-state index contributed by atoms with van der Waals surface area (Å²) in [7, 11) is 1.93. The number of β-amino-alcohol motifs (C(OH)–C–C–N with tert-alkyl or cyclic N) is 1. The van der Waals surface area contributed by atoms with Crippen molar-refractivity contribution in [2.45, 2.75) is 12.6 Å². The molecule has 9 heteroatoms. The lowest BCUT2D eigenvalue weighted by Gasteiger charge is -2.21. The fourth-order valence-electron chi connectivity index (χ4n) is 5.16. The van der Waals surface area contributed by atoms with Crippen molar-refractivity contribution in [3.8, 4) is 28.3 Å². The molecule has 0 spiro atoms. The van der Waals surface area contributed by atoms with Gasteiger partial charge in [0.2, 0.25) is 0 Å². The maximum Gasteiger partial charge on any atom is 0.161 e. The number of hydrogen-bond acceptors (Lipinski definition) is 4. The SMILES string of the molecule is CNC[C@H]1CN(c2ccc3c(c2)Cn2cc(-c4ccc(F)cc4)cc2-c2nccn2-3)C[C@H]1O.S.S. The third kappa shape index (κ3) is 4.49. The number of imidazole rings is 1. The number of aromatic nitrogens is 3. The summed E-state index contributed by atoms with van der Waals surface area (Å²) in [6.07, 6.45) is 5.61. The molecule has 0 bridgehead atoms. The molecule has 4 aromatic rings. The second-order valence-corrected chi connectivity index (χ2v) is 8.97. The molecule has 6 rings (SSSR count). The standard InChI is InChI=1S/C26H26FN5O.2H2S/c1-28-12-20-15-30(16-25(20)33)22-6-7-23-19(10-22)14-31-13-18(17-2-4-21(27)5-3-17)11-24(31)26-29-8-9-32(23)26;;/h2-11,13,20,25,28,33H,12,14-16H2,1H3;2*1H2/t20-,25+;;/m0../s1. The molecule has 2 atom stereocenters. The maximum atomic E-state index is 13.4. The molecule has 0 saturated carbocycles. The number of aliphatic hydroxyl groups excluding tert-OH is 1. The molecule has 184 valence electrons. The summed E-state index contributed by atoms with van der Waals surface area (Å²) in [6, 6.07) is 15.3. The summed E-state index contributed by atoms with van der Waals surface area (Å²) in [5.74, 6) is 0.879. The normalized spacial score (nSPS) is 18.1. The molecule has 2 aromatic carbocycles. The number of anilines is 1. The van der Waals surface area contributed by atoms with Crippen LogP contribution in [0.5, 0.6) is 0 Å². The number of rotatable bonds is 4. The van der Waals surface area contributed by atoms with E-state index in [0.29, 0.717) is 13.1 Å². The highest BCUT2D eigenvalue weighted by Gasteiger charge is 2.31. The Morgan fingerprint density at radius 1 is 1.06 bits per heavy atom. The fraction of sp³-hybridized carbons (Fsp3) is 0.269. The van der Waals surface area contributed by atoms with Crippen LogP contribution in [0.1, 0.15) is 5.56 Å². The van der Waals surface area contributed by atoms with Crippen molar-refractivity contribution in [1.29, 1.82) is 0 Å². The second-order valence-electron chi connectivity index (χ2n) is 8.97. The highest BCUT2D eigenvalue weighted by Crippen LogP contribution is 2.36. The van der Waals surface area contributed by atoms with Crippen molar-refractivity contribution < 1.29 is 9.50 Å². The highest BCUT2D eigenvalue weighted by molar-refractivity contribution is 7.59. The highest BCUT2D eigenvalue weighted by atomic mass is 32.1. The number of nitrogens with one attached hydrogen (secondary N) is 1. The topological polar surface area (TPSA) is 58.2 Å². The first-order valence-electron chi connectivity index (χ1n) is 11.3. The smallest absolute Gasteiger partial charge is 0.161 e. The molecule has 0 aliphatic carbocycles. The zero-order valence-electron chi connectivity index (χ0n) is 19.4. The van der Waals surface area contributed by atoms with Crippen LogP contribution in [0.4, 0.5) is 10.1 Å². The lowest BCUT2D eigenvalue weighted by atomic mass is 10.1. The number of nitrogens with zero attached hydrogens (tertiary/aromatic N) is 4. The Hall–Kier alpha value is -2.72. The molecule has 35 heavy (non-hydrogen) atoms. The summed E-state index contributed by atoms with van der Waals surface area (Å²) in [5.41, 5.74) is 6.48. The quantitative estimate of drug-likeness (QED) is 0.386. The van der Waals surface area contributed by atoms with Crippen LogP contribution in [0, 0.1) is 11.7 Å². The fourth-order valence-corrected chi connectivity index (χ4v) is 5.16. The molecule has 2 aromatic heterocycles. The molecule has 0 amide bonds. The van der Waals surface area contributed by atoms with Crippen LogP contribution < -0.4 is 10.2 Å².